The van der Waals surface area contributed by atoms with Crippen LogP contribution in [0.4, 0.5) is 15.8 Å². The lowest BCUT2D eigenvalue weighted by molar-refractivity contribution is -0.384. The van der Waals surface area contributed by atoms with Crippen LogP contribution >= 0.6 is 11.8 Å². The molecule has 10 heteroatoms. The summed E-state index contributed by atoms with van der Waals surface area (Å²) in [6.07, 6.45) is 3.18. The first-order valence-electron chi connectivity index (χ1n) is 7.68. The van der Waals surface area contributed by atoms with Gasteiger partial charge in [-0.15, -0.1) is 0 Å². The maximum atomic E-state index is 13.2. The van der Waals surface area contributed by atoms with Crippen molar-refractivity contribution in [3.05, 3.63) is 76.4 Å². The lowest BCUT2D eigenvalue weighted by Crippen LogP contribution is -2.31. The van der Waals surface area contributed by atoms with Gasteiger partial charge in [0.05, 0.1) is 11.1 Å². The summed E-state index contributed by atoms with van der Waals surface area (Å²) in [4.78, 5) is 27.3. The minimum atomic E-state index is -0.552. The highest BCUT2D eigenvalue weighted by atomic mass is 32.2. The zero-order valence-electron chi connectivity index (χ0n) is 14.0. The van der Waals surface area contributed by atoms with Crippen LogP contribution in [-0.4, -0.2) is 26.6 Å². The molecule has 0 atom stereocenters. The lowest BCUT2D eigenvalue weighted by Gasteiger charge is -2.12. The Labute approximate surface area is 157 Å². The molecule has 0 radical (unpaired) electrons. The number of nitrogens with one attached hydrogen (secondary N) is 2. The van der Waals surface area contributed by atoms with E-state index in [-0.39, 0.29) is 17.1 Å². The van der Waals surface area contributed by atoms with Crippen LogP contribution in [0.5, 0.6) is 0 Å². The van der Waals surface area contributed by atoms with Gasteiger partial charge in [0.15, 0.2) is 5.16 Å². The zero-order chi connectivity index (χ0) is 19.4. The fourth-order valence-corrected chi connectivity index (χ4v) is 2.95. The molecule has 138 valence electrons. The van der Waals surface area contributed by atoms with Gasteiger partial charge in [-0.2, -0.15) is 0 Å². The van der Waals surface area contributed by atoms with Crippen LogP contribution in [0.15, 0.2) is 59.9 Å². The van der Waals surface area contributed by atoms with Crippen LogP contribution in [0.2, 0.25) is 0 Å². The van der Waals surface area contributed by atoms with Crippen molar-refractivity contribution in [2.24, 2.45) is 0 Å². The van der Waals surface area contributed by atoms with E-state index in [4.69, 9.17) is 0 Å². The van der Waals surface area contributed by atoms with Crippen molar-refractivity contribution in [2.45, 2.75) is 5.16 Å². The molecular weight excluding hydrogens is 373 g/mol. The Morgan fingerprint density at radius 1 is 1.22 bits per heavy atom. The summed E-state index contributed by atoms with van der Waals surface area (Å²) < 4.78 is 14.8. The number of benzene rings is 2. The van der Waals surface area contributed by atoms with Crippen LogP contribution in [-0.2, 0) is 0 Å². The van der Waals surface area contributed by atoms with Crippen LogP contribution in [0.25, 0.3) is 5.69 Å². The van der Waals surface area contributed by atoms with Crippen molar-refractivity contribution >= 4 is 29.0 Å². The first-order chi connectivity index (χ1) is 13.0. The summed E-state index contributed by atoms with van der Waals surface area (Å²) in [6, 6.07) is 11.6. The Balaban J connectivity index is 1.87. The van der Waals surface area contributed by atoms with Crippen LogP contribution < -0.4 is 10.9 Å². The molecule has 27 heavy (non-hydrogen) atoms. The third kappa shape index (κ3) is 3.90. The Morgan fingerprint density at radius 2 is 1.93 bits per heavy atom. The fourth-order valence-electron chi connectivity index (χ4n) is 2.41. The number of carbonyl (C=O) groups is 1. The first-order valence-corrected chi connectivity index (χ1v) is 8.91. The molecule has 0 aliphatic heterocycles. The number of para-hydroxylation sites is 2. The minimum absolute atomic E-state index is 0.147. The molecule has 8 nitrogen and oxygen atoms in total. The molecule has 3 rings (SSSR count). The number of thioether (sulfide) groups is 1. The predicted molar refractivity (Wildman–Crippen MR) is 99.5 cm³/mol. The molecule has 1 heterocycles. The smallest absolute Gasteiger partial charge is 0.292 e. The highest BCUT2D eigenvalue weighted by Gasteiger charge is 2.19. The van der Waals surface area contributed by atoms with E-state index in [0.717, 1.165) is 0 Å². The number of halogens is 1. The van der Waals surface area contributed by atoms with Gasteiger partial charge in [0.25, 0.3) is 11.6 Å². The zero-order valence-corrected chi connectivity index (χ0v) is 14.9. The Kier molecular flexibility index (Phi) is 5.36. The largest absolute Gasteiger partial charge is 0.294 e. The normalized spacial score (nSPS) is 10.4. The van der Waals surface area contributed by atoms with Crippen LogP contribution in [0, 0.1) is 15.9 Å². The number of nitro groups is 1. The van der Waals surface area contributed by atoms with Crippen molar-refractivity contribution in [1.29, 1.82) is 0 Å². The lowest BCUT2D eigenvalue weighted by atomic mass is 10.3. The second kappa shape index (κ2) is 7.87. The van der Waals surface area contributed by atoms with Crippen molar-refractivity contribution < 1.29 is 14.1 Å². The molecule has 2 aromatic carbocycles. The van der Waals surface area contributed by atoms with Crippen LogP contribution in [0.3, 0.4) is 0 Å². The van der Waals surface area contributed by atoms with Gasteiger partial charge < -0.3 is 0 Å². The van der Waals surface area contributed by atoms with Gasteiger partial charge in [-0.1, -0.05) is 23.9 Å². The average Bonchev–Trinajstić information content (AvgIpc) is 3.11. The molecule has 3 aromatic rings. The van der Waals surface area contributed by atoms with E-state index < -0.39 is 16.6 Å². The average molecular weight is 387 g/mol. The molecule has 0 saturated carbocycles. The molecule has 0 aliphatic carbocycles. The fraction of sp³-hybridized carbons (Fsp3) is 0.0588. The van der Waals surface area contributed by atoms with Gasteiger partial charge in [0.2, 0.25) is 0 Å². The molecule has 0 fully saturated rings. The summed E-state index contributed by atoms with van der Waals surface area (Å²) in [5.74, 6) is -0.945. The highest BCUT2D eigenvalue weighted by molar-refractivity contribution is 7.98. The molecule has 2 N–H and O–H groups in total. The second-order valence-electron chi connectivity index (χ2n) is 5.30. The molecule has 1 aromatic heterocycles. The van der Waals surface area contributed by atoms with Crippen molar-refractivity contribution in [3.8, 4) is 5.69 Å². The summed E-state index contributed by atoms with van der Waals surface area (Å²) in [5, 5.41) is 11.6. The van der Waals surface area contributed by atoms with Crippen molar-refractivity contribution in [2.75, 3.05) is 11.7 Å². The standard InChI is InChI=1S/C17H14FN5O3S/c1-27-17-19-10-15(22(17)12-8-6-11(18)7-9-12)16(24)21-20-13-4-2-3-5-14(13)23(25)26/h2-10,20H,1H3,(H,21,24). The Bertz CT molecular complexity index is 990. The van der Waals surface area contributed by atoms with Crippen molar-refractivity contribution in [3.63, 3.8) is 0 Å². The van der Waals surface area contributed by atoms with Gasteiger partial charge in [-0.25, -0.2) is 9.37 Å². The van der Waals surface area contributed by atoms with E-state index >= 15 is 0 Å². The molecule has 0 bridgehead atoms. The number of imidazole rings is 1. The number of anilines is 1. The van der Waals surface area contributed by atoms with E-state index in [1.807, 2.05) is 0 Å². The molecule has 0 spiro atoms. The number of hydrogen-bond donors (Lipinski definition) is 2. The predicted octanol–water partition coefficient (Wildman–Crippen LogP) is 3.40. The van der Waals surface area contributed by atoms with Gasteiger partial charge in [-0.3, -0.25) is 30.3 Å². The third-order valence-electron chi connectivity index (χ3n) is 3.64. The summed E-state index contributed by atoms with van der Waals surface area (Å²) >= 11 is 1.32. The molecule has 0 aliphatic rings. The first kappa shape index (κ1) is 18.4. The van der Waals surface area contributed by atoms with Gasteiger partial charge in [0, 0.05) is 11.8 Å². The molecule has 0 unspecified atom stereocenters. The number of carbonyl (C=O) groups excluding carboxylic acids is 1. The number of hydrogen-bond acceptors (Lipinski definition) is 6. The number of aromatic nitrogens is 2. The second-order valence-corrected chi connectivity index (χ2v) is 6.07. The number of nitrogens with zero attached hydrogens (tertiary/aromatic N) is 3. The van der Waals surface area contributed by atoms with E-state index in [1.165, 1.54) is 60.4 Å². The third-order valence-corrected chi connectivity index (χ3v) is 4.29. The number of rotatable bonds is 6. The van der Waals surface area contributed by atoms with Crippen molar-refractivity contribution in [1.82, 2.24) is 15.0 Å². The maximum Gasteiger partial charge on any atom is 0.294 e. The molecule has 0 saturated heterocycles. The number of amides is 1. The van der Waals surface area contributed by atoms with Gasteiger partial charge >= 0.3 is 0 Å². The Morgan fingerprint density at radius 3 is 2.59 bits per heavy atom. The topological polar surface area (TPSA) is 102 Å². The number of hydrazine groups is 1. The van der Waals surface area contributed by atoms with Gasteiger partial charge in [0.1, 0.15) is 17.2 Å². The Hall–Kier alpha value is -3.40. The quantitative estimate of drug-likeness (QED) is 0.382. The SMILES string of the molecule is CSc1ncc(C(=O)NNc2ccccc2[N+](=O)[O-])n1-c1ccc(F)cc1. The van der Waals surface area contributed by atoms with E-state index in [9.17, 15) is 19.3 Å². The van der Waals surface area contributed by atoms with E-state index in [0.29, 0.717) is 10.8 Å². The monoisotopic (exact) mass is 387 g/mol. The van der Waals surface area contributed by atoms with Gasteiger partial charge in [-0.05, 0) is 36.6 Å². The summed E-state index contributed by atoms with van der Waals surface area (Å²) in [6.45, 7) is 0. The number of nitro benzene ring substituents is 1. The minimum Gasteiger partial charge on any atom is -0.292 e. The maximum absolute atomic E-state index is 13.2. The summed E-state index contributed by atoms with van der Waals surface area (Å²) in [7, 11) is 0. The van der Waals surface area contributed by atoms with E-state index in [2.05, 4.69) is 15.8 Å². The van der Waals surface area contributed by atoms with Crippen LogP contribution in [0.1, 0.15) is 10.5 Å². The van der Waals surface area contributed by atoms with E-state index in [1.54, 1.807) is 16.9 Å². The molecule has 1 amide bonds. The summed E-state index contributed by atoms with van der Waals surface area (Å²) in [5.41, 5.74) is 5.72. The molecular formula is C17H14FN5O3S. The highest BCUT2D eigenvalue weighted by Crippen LogP contribution is 2.24.